The molecular weight excluding hydrogens is 206 g/mol. The Balaban J connectivity index is 2.39. The van der Waals surface area contributed by atoms with Crippen LogP contribution in [0, 0.1) is 6.92 Å². The van der Waals surface area contributed by atoms with Gasteiger partial charge in [-0.15, -0.1) is 0 Å². The van der Waals surface area contributed by atoms with Gasteiger partial charge in [0.05, 0.1) is 5.69 Å². The van der Waals surface area contributed by atoms with Gasteiger partial charge in [0.15, 0.2) is 0 Å². The molecular formula is C11H21N3S. The molecule has 0 fully saturated rings. The predicted octanol–water partition coefficient (Wildman–Crippen LogP) is 2.13. The maximum atomic E-state index is 4.35. The highest BCUT2D eigenvalue weighted by Crippen LogP contribution is 2.15. The summed E-state index contributed by atoms with van der Waals surface area (Å²) < 4.78 is 1.88. The first-order chi connectivity index (χ1) is 7.15. The third-order valence-corrected chi connectivity index (χ3v) is 3.19. The van der Waals surface area contributed by atoms with E-state index in [1.807, 2.05) is 23.5 Å². The molecule has 86 valence electrons. The summed E-state index contributed by atoms with van der Waals surface area (Å²) in [6.45, 7) is 5.34. The number of hydrogen-bond donors (Lipinski definition) is 1. The molecule has 0 amide bonds. The fourth-order valence-corrected chi connectivity index (χ4v) is 2.12. The van der Waals surface area contributed by atoms with Gasteiger partial charge in [0.1, 0.15) is 0 Å². The van der Waals surface area contributed by atoms with Crippen LogP contribution in [-0.2, 0) is 7.05 Å². The van der Waals surface area contributed by atoms with Gasteiger partial charge in [-0.05, 0) is 38.8 Å². The van der Waals surface area contributed by atoms with Crippen LogP contribution >= 0.6 is 11.8 Å². The van der Waals surface area contributed by atoms with E-state index < -0.39 is 0 Å². The second kappa shape index (κ2) is 6.18. The third kappa shape index (κ3) is 3.87. The van der Waals surface area contributed by atoms with Gasteiger partial charge in [-0.2, -0.15) is 16.9 Å². The van der Waals surface area contributed by atoms with Crippen LogP contribution in [0.5, 0.6) is 0 Å². The smallest absolute Gasteiger partial charge is 0.0641 e. The molecule has 0 aliphatic carbocycles. The molecule has 1 atom stereocenters. The zero-order chi connectivity index (χ0) is 11.3. The highest BCUT2D eigenvalue weighted by atomic mass is 32.2. The zero-order valence-corrected chi connectivity index (χ0v) is 10.9. The summed E-state index contributed by atoms with van der Waals surface area (Å²) in [7, 11) is 1.97. The standard InChI is InChI=1S/C11H21N3S/c1-9(12-6-5-7-15-4)11-8-14(3)13-10(11)2/h8-9,12H,5-7H2,1-4H3. The van der Waals surface area contributed by atoms with E-state index in [-0.39, 0.29) is 0 Å². The van der Waals surface area contributed by atoms with Gasteiger partial charge in [0.25, 0.3) is 0 Å². The van der Waals surface area contributed by atoms with Gasteiger partial charge in [-0.1, -0.05) is 0 Å². The van der Waals surface area contributed by atoms with Crippen LogP contribution in [0.3, 0.4) is 0 Å². The average molecular weight is 227 g/mol. The van der Waals surface area contributed by atoms with E-state index in [0.717, 1.165) is 12.2 Å². The van der Waals surface area contributed by atoms with Crippen molar-refractivity contribution in [2.45, 2.75) is 26.3 Å². The lowest BCUT2D eigenvalue weighted by molar-refractivity contribution is 0.570. The molecule has 0 saturated heterocycles. The molecule has 15 heavy (non-hydrogen) atoms. The largest absolute Gasteiger partial charge is 0.310 e. The maximum absolute atomic E-state index is 4.35. The van der Waals surface area contributed by atoms with Crippen molar-refractivity contribution in [3.8, 4) is 0 Å². The van der Waals surface area contributed by atoms with Crippen LogP contribution in [0.15, 0.2) is 6.20 Å². The minimum atomic E-state index is 0.403. The van der Waals surface area contributed by atoms with Crippen molar-refractivity contribution in [1.29, 1.82) is 0 Å². The van der Waals surface area contributed by atoms with Crippen molar-refractivity contribution in [3.63, 3.8) is 0 Å². The van der Waals surface area contributed by atoms with E-state index in [0.29, 0.717) is 6.04 Å². The van der Waals surface area contributed by atoms with Crippen LogP contribution in [-0.4, -0.2) is 28.3 Å². The maximum Gasteiger partial charge on any atom is 0.0641 e. The van der Waals surface area contributed by atoms with Crippen LogP contribution in [0.4, 0.5) is 0 Å². The summed E-state index contributed by atoms with van der Waals surface area (Å²) in [5, 5.41) is 7.87. The molecule has 4 heteroatoms. The molecule has 3 nitrogen and oxygen atoms in total. The lowest BCUT2D eigenvalue weighted by Crippen LogP contribution is -2.20. The van der Waals surface area contributed by atoms with Gasteiger partial charge in [0.2, 0.25) is 0 Å². The van der Waals surface area contributed by atoms with Crippen LogP contribution in [0.2, 0.25) is 0 Å². The molecule has 0 saturated carbocycles. The van der Waals surface area contributed by atoms with Crippen molar-refractivity contribution in [2.75, 3.05) is 18.6 Å². The Hall–Kier alpha value is -0.480. The summed E-state index contributed by atoms with van der Waals surface area (Å²) in [6.07, 6.45) is 5.47. The minimum absolute atomic E-state index is 0.403. The first kappa shape index (κ1) is 12.6. The number of nitrogens with one attached hydrogen (secondary N) is 1. The highest BCUT2D eigenvalue weighted by molar-refractivity contribution is 7.98. The Morgan fingerprint density at radius 2 is 2.33 bits per heavy atom. The minimum Gasteiger partial charge on any atom is -0.310 e. The van der Waals surface area contributed by atoms with Gasteiger partial charge >= 0.3 is 0 Å². The first-order valence-electron chi connectivity index (χ1n) is 5.37. The van der Waals surface area contributed by atoms with E-state index in [4.69, 9.17) is 0 Å². The molecule has 1 aromatic heterocycles. The Morgan fingerprint density at radius 3 is 2.87 bits per heavy atom. The number of aryl methyl sites for hydroxylation is 2. The van der Waals surface area contributed by atoms with E-state index in [9.17, 15) is 0 Å². The van der Waals surface area contributed by atoms with Crippen LogP contribution < -0.4 is 5.32 Å². The second-order valence-corrected chi connectivity index (χ2v) is 4.85. The first-order valence-corrected chi connectivity index (χ1v) is 6.77. The van der Waals surface area contributed by atoms with E-state index in [2.05, 4.69) is 36.7 Å². The molecule has 1 N–H and O–H groups in total. The third-order valence-electron chi connectivity index (χ3n) is 2.49. The molecule has 0 bridgehead atoms. The van der Waals surface area contributed by atoms with Gasteiger partial charge in [0, 0.05) is 24.8 Å². The zero-order valence-electron chi connectivity index (χ0n) is 10.1. The summed E-state index contributed by atoms with van der Waals surface area (Å²) in [5.41, 5.74) is 2.43. The highest BCUT2D eigenvalue weighted by Gasteiger charge is 2.10. The summed E-state index contributed by atoms with van der Waals surface area (Å²) in [6, 6.07) is 0.403. The average Bonchev–Trinajstić information content (AvgIpc) is 2.52. The van der Waals surface area contributed by atoms with E-state index in [1.54, 1.807) is 0 Å². The van der Waals surface area contributed by atoms with Crippen LogP contribution in [0.25, 0.3) is 0 Å². The molecule has 1 heterocycles. The Labute approximate surface area is 96.6 Å². The lowest BCUT2D eigenvalue weighted by Gasteiger charge is -2.12. The Bertz CT molecular complexity index is 296. The molecule has 0 radical (unpaired) electrons. The van der Waals surface area contributed by atoms with Crippen molar-refractivity contribution in [1.82, 2.24) is 15.1 Å². The number of thioether (sulfide) groups is 1. The molecule has 1 aromatic rings. The van der Waals surface area contributed by atoms with Gasteiger partial charge in [-0.3, -0.25) is 4.68 Å². The van der Waals surface area contributed by atoms with Crippen molar-refractivity contribution >= 4 is 11.8 Å². The molecule has 0 aliphatic rings. The quantitative estimate of drug-likeness (QED) is 0.755. The van der Waals surface area contributed by atoms with E-state index in [1.165, 1.54) is 17.7 Å². The van der Waals surface area contributed by atoms with Crippen molar-refractivity contribution in [2.24, 2.45) is 7.05 Å². The fourth-order valence-electron chi connectivity index (χ4n) is 1.69. The molecule has 1 unspecified atom stereocenters. The van der Waals surface area contributed by atoms with E-state index >= 15 is 0 Å². The SMILES string of the molecule is CSCCCNC(C)c1cn(C)nc1C. The van der Waals surface area contributed by atoms with Crippen molar-refractivity contribution < 1.29 is 0 Å². The molecule has 0 aliphatic heterocycles. The monoisotopic (exact) mass is 227 g/mol. The molecule has 0 spiro atoms. The van der Waals surface area contributed by atoms with Gasteiger partial charge < -0.3 is 5.32 Å². The van der Waals surface area contributed by atoms with Crippen LogP contribution in [0.1, 0.15) is 30.6 Å². The molecule has 0 aromatic carbocycles. The number of aromatic nitrogens is 2. The second-order valence-electron chi connectivity index (χ2n) is 3.87. The topological polar surface area (TPSA) is 29.9 Å². The summed E-state index contributed by atoms with van der Waals surface area (Å²) in [5.74, 6) is 1.23. The lowest BCUT2D eigenvalue weighted by atomic mass is 10.1. The Kier molecular flexibility index (Phi) is 5.19. The molecule has 1 rings (SSSR count). The number of hydrogen-bond acceptors (Lipinski definition) is 3. The fraction of sp³-hybridized carbons (Fsp3) is 0.727. The normalized spacial score (nSPS) is 13.1. The Morgan fingerprint density at radius 1 is 1.60 bits per heavy atom. The number of nitrogens with zero attached hydrogens (tertiary/aromatic N) is 2. The van der Waals surface area contributed by atoms with Crippen molar-refractivity contribution in [3.05, 3.63) is 17.5 Å². The summed E-state index contributed by atoms with van der Waals surface area (Å²) in [4.78, 5) is 0. The predicted molar refractivity (Wildman–Crippen MR) is 67.4 cm³/mol. The number of rotatable bonds is 6. The van der Waals surface area contributed by atoms with Gasteiger partial charge in [-0.25, -0.2) is 0 Å². The summed E-state index contributed by atoms with van der Waals surface area (Å²) >= 11 is 1.90.